The number of hydrogen-bond acceptors (Lipinski definition) is 3. The maximum atomic E-state index is 5.72. The predicted molar refractivity (Wildman–Crippen MR) is 84.7 cm³/mol. The van der Waals surface area contributed by atoms with E-state index in [0.717, 1.165) is 34.9 Å². The molecule has 20 heavy (non-hydrogen) atoms. The van der Waals surface area contributed by atoms with Gasteiger partial charge in [-0.05, 0) is 37.5 Å². The number of ether oxygens (including phenoxy) is 1. The highest BCUT2D eigenvalue weighted by atomic mass is 79.9. The van der Waals surface area contributed by atoms with Gasteiger partial charge in [-0.2, -0.15) is 0 Å². The summed E-state index contributed by atoms with van der Waals surface area (Å²) in [6, 6.07) is 8.67. The fourth-order valence-corrected chi connectivity index (χ4v) is 3.19. The minimum Gasteiger partial charge on any atom is -0.377 e. The van der Waals surface area contributed by atoms with E-state index in [1.807, 2.05) is 12.3 Å². The van der Waals surface area contributed by atoms with Crippen molar-refractivity contribution < 1.29 is 4.74 Å². The van der Waals surface area contributed by atoms with Gasteiger partial charge in [0.2, 0.25) is 0 Å². The number of pyridine rings is 1. The topological polar surface area (TPSA) is 34.2 Å². The summed E-state index contributed by atoms with van der Waals surface area (Å²) in [6.07, 6.45) is 4.54. The number of fused-ring (bicyclic) bond motifs is 1. The number of nitrogens with zero attached hydrogens (tertiary/aromatic N) is 1. The van der Waals surface area contributed by atoms with E-state index in [9.17, 15) is 0 Å². The zero-order valence-electron chi connectivity index (χ0n) is 11.6. The Labute approximate surface area is 127 Å². The highest BCUT2D eigenvalue weighted by molar-refractivity contribution is 9.10. The first kappa shape index (κ1) is 14.0. The van der Waals surface area contributed by atoms with Crippen molar-refractivity contribution in [2.24, 2.45) is 0 Å². The fraction of sp³-hybridized carbons (Fsp3) is 0.438. The third kappa shape index (κ3) is 2.87. The van der Waals surface area contributed by atoms with E-state index in [-0.39, 0.29) is 0 Å². The van der Waals surface area contributed by atoms with Crippen LogP contribution in [0.25, 0.3) is 10.9 Å². The average Bonchev–Trinajstić information content (AvgIpc) is 3.01. The van der Waals surface area contributed by atoms with Gasteiger partial charge in [0.15, 0.2) is 0 Å². The molecule has 106 valence electrons. The van der Waals surface area contributed by atoms with Crippen LogP contribution >= 0.6 is 15.9 Å². The highest BCUT2D eigenvalue weighted by Crippen LogP contribution is 2.25. The number of benzene rings is 1. The summed E-state index contributed by atoms with van der Waals surface area (Å²) in [7, 11) is 0. The molecule has 1 aromatic carbocycles. The maximum absolute atomic E-state index is 5.72. The lowest BCUT2D eigenvalue weighted by molar-refractivity contribution is 0.0832. The number of halogens is 1. The molecule has 1 saturated heterocycles. The Morgan fingerprint density at radius 3 is 3.15 bits per heavy atom. The molecule has 1 aliphatic rings. The van der Waals surface area contributed by atoms with Crippen LogP contribution in [0.4, 0.5) is 0 Å². The normalized spacial score (nSPS) is 20.4. The van der Waals surface area contributed by atoms with Crippen LogP contribution < -0.4 is 5.32 Å². The summed E-state index contributed by atoms with van der Waals surface area (Å²) in [5.41, 5.74) is 2.29. The second kappa shape index (κ2) is 6.20. The molecule has 1 fully saturated rings. The van der Waals surface area contributed by atoms with E-state index in [1.165, 1.54) is 12.0 Å². The Balaban J connectivity index is 1.76. The van der Waals surface area contributed by atoms with Gasteiger partial charge in [-0.25, -0.2) is 0 Å². The van der Waals surface area contributed by atoms with Gasteiger partial charge in [0.05, 0.1) is 11.6 Å². The van der Waals surface area contributed by atoms with E-state index in [4.69, 9.17) is 4.74 Å². The molecule has 0 radical (unpaired) electrons. The number of aromatic nitrogens is 1. The smallest absolute Gasteiger partial charge is 0.0758 e. The molecule has 3 rings (SSSR count). The summed E-state index contributed by atoms with van der Waals surface area (Å²) in [5, 5.41) is 4.74. The van der Waals surface area contributed by atoms with Crippen LogP contribution in [0, 0.1) is 0 Å². The zero-order valence-corrected chi connectivity index (χ0v) is 13.2. The van der Waals surface area contributed by atoms with Crippen LogP contribution in [0.3, 0.4) is 0 Å². The molecule has 2 atom stereocenters. The summed E-state index contributed by atoms with van der Waals surface area (Å²) >= 11 is 3.58. The summed E-state index contributed by atoms with van der Waals surface area (Å²) in [4.78, 5) is 4.52. The zero-order chi connectivity index (χ0) is 13.9. The van der Waals surface area contributed by atoms with Crippen molar-refractivity contribution >= 4 is 26.8 Å². The first-order chi connectivity index (χ1) is 9.75. The van der Waals surface area contributed by atoms with Crippen LogP contribution in [0.5, 0.6) is 0 Å². The van der Waals surface area contributed by atoms with Crippen molar-refractivity contribution in [1.82, 2.24) is 10.3 Å². The van der Waals surface area contributed by atoms with Gasteiger partial charge < -0.3 is 10.1 Å². The molecular formula is C16H19BrN2O. The molecule has 1 aromatic heterocycles. The Kier molecular flexibility index (Phi) is 4.34. The minimum atomic E-state index is 0.352. The molecule has 4 heteroatoms. The van der Waals surface area contributed by atoms with Gasteiger partial charge in [0, 0.05) is 35.2 Å². The standard InChI is InChI=1S/C16H19BrN2O/c1-11(15-5-3-9-20-15)19-10-12-6-7-14(17)13-4-2-8-18-16(12)13/h2,4,6-8,11,15,19H,3,5,9-10H2,1H3. The molecule has 2 heterocycles. The number of nitrogens with one attached hydrogen (secondary N) is 1. The molecule has 1 N–H and O–H groups in total. The summed E-state index contributed by atoms with van der Waals surface area (Å²) in [6.45, 7) is 3.92. The largest absolute Gasteiger partial charge is 0.377 e. The highest BCUT2D eigenvalue weighted by Gasteiger charge is 2.21. The Bertz CT molecular complexity index is 596. The lowest BCUT2D eigenvalue weighted by Crippen LogP contribution is -2.36. The lowest BCUT2D eigenvalue weighted by Gasteiger charge is -2.20. The SMILES string of the molecule is CC(NCc1ccc(Br)c2cccnc12)C1CCCO1. The minimum absolute atomic E-state index is 0.352. The van der Waals surface area contributed by atoms with E-state index in [1.54, 1.807) is 0 Å². The number of rotatable bonds is 4. The molecule has 0 saturated carbocycles. The van der Waals surface area contributed by atoms with Gasteiger partial charge >= 0.3 is 0 Å². The van der Waals surface area contributed by atoms with Gasteiger partial charge in [-0.15, -0.1) is 0 Å². The Morgan fingerprint density at radius 2 is 2.35 bits per heavy atom. The van der Waals surface area contributed by atoms with Crippen molar-refractivity contribution in [2.45, 2.75) is 38.5 Å². The Morgan fingerprint density at radius 1 is 1.45 bits per heavy atom. The van der Waals surface area contributed by atoms with Crippen molar-refractivity contribution in [2.75, 3.05) is 6.61 Å². The summed E-state index contributed by atoms with van der Waals surface area (Å²) in [5.74, 6) is 0. The summed E-state index contributed by atoms with van der Waals surface area (Å²) < 4.78 is 6.82. The predicted octanol–water partition coefficient (Wildman–Crippen LogP) is 3.65. The van der Waals surface area contributed by atoms with Gasteiger partial charge in [-0.1, -0.05) is 28.1 Å². The average molecular weight is 335 g/mol. The quantitative estimate of drug-likeness (QED) is 0.926. The second-order valence-corrected chi connectivity index (χ2v) is 6.18. The van der Waals surface area contributed by atoms with E-state index >= 15 is 0 Å². The third-order valence-electron chi connectivity index (χ3n) is 3.94. The molecule has 2 aromatic rings. The lowest BCUT2D eigenvalue weighted by atomic mass is 10.1. The van der Waals surface area contributed by atoms with Crippen LogP contribution in [0.2, 0.25) is 0 Å². The first-order valence-electron chi connectivity index (χ1n) is 7.13. The molecule has 0 aliphatic carbocycles. The van der Waals surface area contributed by atoms with Gasteiger partial charge in [0.25, 0.3) is 0 Å². The van der Waals surface area contributed by atoms with Crippen LogP contribution in [0.1, 0.15) is 25.3 Å². The molecule has 2 unspecified atom stereocenters. The van der Waals surface area contributed by atoms with E-state index in [2.05, 4.69) is 51.4 Å². The van der Waals surface area contributed by atoms with Crippen LogP contribution in [-0.2, 0) is 11.3 Å². The van der Waals surface area contributed by atoms with Crippen molar-refractivity contribution in [3.8, 4) is 0 Å². The van der Waals surface area contributed by atoms with Crippen molar-refractivity contribution in [3.05, 3.63) is 40.5 Å². The third-order valence-corrected chi connectivity index (χ3v) is 4.63. The number of hydrogen-bond donors (Lipinski definition) is 1. The second-order valence-electron chi connectivity index (χ2n) is 5.33. The molecule has 1 aliphatic heterocycles. The first-order valence-corrected chi connectivity index (χ1v) is 7.92. The van der Waals surface area contributed by atoms with Crippen molar-refractivity contribution in [3.63, 3.8) is 0 Å². The molecular weight excluding hydrogens is 316 g/mol. The monoisotopic (exact) mass is 334 g/mol. The molecule has 3 nitrogen and oxygen atoms in total. The maximum Gasteiger partial charge on any atom is 0.0758 e. The van der Waals surface area contributed by atoms with Crippen LogP contribution in [-0.4, -0.2) is 23.7 Å². The van der Waals surface area contributed by atoms with Crippen molar-refractivity contribution in [1.29, 1.82) is 0 Å². The van der Waals surface area contributed by atoms with Gasteiger partial charge in [-0.3, -0.25) is 4.98 Å². The fourth-order valence-electron chi connectivity index (χ4n) is 2.74. The molecule has 0 spiro atoms. The molecule has 0 amide bonds. The van der Waals surface area contributed by atoms with Crippen LogP contribution in [0.15, 0.2) is 34.9 Å². The Hall–Kier alpha value is -0.970. The molecule has 0 bridgehead atoms. The van der Waals surface area contributed by atoms with Gasteiger partial charge in [0.1, 0.15) is 0 Å². The van der Waals surface area contributed by atoms with E-state index < -0.39 is 0 Å². The van der Waals surface area contributed by atoms with E-state index in [0.29, 0.717) is 12.1 Å².